The second kappa shape index (κ2) is 65.8. The molecule has 446 valence electrons. The predicted molar refractivity (Wildman–Crippen MR) is 343 cm³/mol. The van der Waals surface area contributed by atoms with Gasteiger partial charge >= 0.3 is 17.9 Å². The molecule has 0 aliphatic carbocycles. The summed E-state index contributed by atoms with van der Waals surface area (Å²) in [6, 6.07) is 0. The maximum absolute atomic E-state index is 12.9. The van der Waals surface area contributed by atoms with Gasteiger partial charge in [-0.3, -0.25) is 14.4 Å². The zero-order chi connectivity index (χ0) is 57.1. The van der Waals surface area contributed by atoms with Crippen molar-refractivity contribution in [2.75, 3.05) is 13.2 Å². The topological polar surface area (TPSA) is 78.9 Å². The molecule has 0 aromatic carbocycles. The van der Waals surface area contributed by atoms with Crippen LogP contribution in [0.4, 0.5) is 0 Å². The summed E-state index contributed by atoms with van der Waals surface area (Å²) in [5.41, 5.74) is 0. The van der Waals surface area contributed by atoms with Gasteiger partial charge in [0.15, 0.2) is 6.10 Å². The highest BCUT2D eigenvalue weighted by Crippen LogP contribution is 2.15. The van der Waals surface area contributed by atoms with E-state index >= 15 is 0 Å². The third-order valence-corrected chi connectivity index (χ3v) is 13.3. The molecule has 1 atom stereocenters. The molecule has 0 heterocycles. The first kappa shape index (κ1) is 74.3. The lowest BCUT2D eigenvalue weighted by Crippen LogP contribution is -2.30. The van der Waals surface area contributed by atoms with Crippen molar-refractivity contribution in [1.29, 1.82) is 0 Å². The first-order valence-corrected chi connectivity index (χ1v) is 32.3. The van der Waals surface area contributed by atoms with E-state index in [2.05, 4.69) is 167 Å². The first-order chi connectivity index (χ1) is 39.0. The Morgan fingerprint density at radius 2 is 0.494 bits per heavy atom. The lowest BCUT2D eigenvalue weighted by molar-refractivity contribution is -0.167. The molecule has 0 aliphatic heterocycles. The second-order valence-electron chi connectivity index (χ2n) is 20.9. The van der Waals surface area contributed by atoms with Crippen LogP contribution in [0.2, 0.25) is 0 Å². The second-order valence-corrected chi connectivity index (χ2v) is 20.9. The van der Waals surface area contributed by atoms with Crippen LogP contribution in [0.15, 0.2) is 146 Å². The lowest BCUT2D eigenvalue weighted by Gasteiger charge is -2.18. The Hall–Kier alpha value is -4.71. The van der Waals surface area contributed by atoms with Crippen LogP contribution < -0.4 is 0 Å². The van der Waals surface area contributed by atoms with Crippen LogP contribution in [-0.4, -0.2) is 37.2 Å². The number of esters is 3. The maximum atomic E-state index is 12.9. The normalized spacial score (nSPS) is 13.1. The van der Waals surface area contributed by atoms with Crippen molar-refractivity contribution >= 4 is 17.9 Å². The fourth-order valence-electron chi connectivity index (χ4n) is 8.53. The van der Waals surface area contributed by atoms with E-state index in [1.165, 1.54) is 89.9 Å². The van der Waals surface area contributed by atoms with E-state index in [1.54, 1.807) is 0 Å². The molecule has 6 heteroatoms. The van der Waals surface area contributed by atoms with Crippen LogP contribution >= 0.6 is 0 Å². The van der Waals surface area contributed by atoms with Gasteiger partial charge in [0.1, 0.15) is 13.2 Å². The van der Waals surface area contributed by atoms with E-state index in [9.17, 15) is 14.4 Å². The Kier molecular flexibility index (Phi) is 61.9. The van der Waals surface area contributed by atoms with Gasteiger partial charge in [0.25, 0.3) is 0 Å². The number of rotatable bonds is 57. The van der Waals surface area contributed by atoms with E-state index in [-0.39, 0.29) is 31.1 Å². The highest BCUT2D eigenvalue weighted by atomic mass is 16.6. The van der Waals surface area contributed by atoms with Gasteiger partial charge in [-0.2, -0.15) is 0 Å². The smallest absolute Gasteiger partial charge is 0.306 e. The molecule has 0 rings (SSSR count). The molecule has 0 N–H and O–H groups in total. The molecular weight excluding hydrogens is 973 g/mol. The quantitative estimate of drug-likeness (QED) is 0.0261. The van der Waals surface area contributed by atoms with Crippen molar-refractivity contribution in [2.24, 2.45) is 0 Å². The standard InChI is InChI=1S/C73H118O6/c1-4-7-10-13-16-19-22-25-28-30-32-34-35-36-37-39-40-42-45-48-51-54-57-60-63-66-72(75)78-69-70(68-77-71(74)65-62-59-56-53-50-47-44-27-24-21-18-15-12-9-6-3)79-73(76)67-64-61-58-55-52-49-46-43-41-38-33-31-29-26-23-20-17-14-11-8-5-2/h8-9,11-12,17-18,20-22,25-27,29-30,32-33,35-36,38,43-44,46,50,53,70H,4-7,10,13-16,19,23-24,28,31,34,37,39-42,45,47-49,51-52,54-69H2,1-3H3/b11-8-,12-9-,20-17-,21-18-,25-22-,29-26-,32-30-,36-35-,38-33-,44-27-,46-43-,53-50-. The van der Waals surface area contributed by atoms with Crippen LogP contribution in [0.25, 0.3) is 0 Å². The lowest BCUT2D eigenvalue weighted by atomic mass is 10.1. The van der Waals surface area contributed by atoms with Gasteiger partial charge in [-0.1, -0.05) is 263 Å². The minimum atomic E-state index is -0.816. The fourth-order valence-corrected chi connectivity index (χ4v) is 8.53. The molecule has 79 heavy (non-hydrogen) atoms. The highest BCUT2D eigenvalue weighted by molar-refractivity contribution is 5.71. The molecule has 6 nitrogen and oxygen atoms in total. The van der Waals surface area contributed by atoms with Crippen molar-refractivity contribution in [1.82, 2.24) is 0 Å². The molecule has 0 fully saturated rings. The molecular formula is C73H118O6. The number of unbranched alkanes of at least 4 members (excludes halogenated alkanes) is 22. The number of allylic oxidation sites excluding steroid dienone is 24. The van der Waals surface area contributed by atoms with Gasteiger partial charge in [0.05, 0.1) is 0 Å². The average Bonchev–Trinajstić information content (AvgIpc) is 3.45. The minimum absolute atomic E-state index is 0.107. The first-order valence-electron chi connectivity index (χ1n) is 32.3. The molecule has 0 aromatic rings. The van der Waals surface area contributed by atoms with Gasteiger partial charge in [-0.05, 0) is 141 Å². The summed E-state index contributed by atoms with van der Waals surface area (Å²) in [7, 11) is 0. The number of hydrogen-bond acceptors (Lipinski definition) is 6. The molecule has 0 amide bonds. The van der Waals surface area contributed by atoms with Crippen molar-refractivity contribution in [3.8, 4) is 0 Å². The Balaban J connectivity index is 4.45. The van der Waals surface area contributed by atoms with E-state index in [0.717, 1.165) is 141 Å². The van der Waals surface area contributed by atoms with Gasteiger partial charge in [-0.25, -0.2) is 0 Å². The molecule has 0 bridgehead atoms. The number of ether oxygens (including phenoxy) is 3. The summed E-state index contributed by atoms with van der Waals surface area (Å²) in [6.45, 7) is 6.35. The Morgan fingerprint density at radius 3 is 0.797 bits per heavy atom. The van der Waals surface area contributed by atoms with Crippen molar-refractivity contribution in [3.63, 3.8) is 0 Å². The largest absolute Gasteiger partial charge is 0.462 e. The zero-order valence-electron chi connectivity index (χ0n) is 51.1. The van der Waals surface area contributed by atoms with Crippen LogP contribution in [0, 0.1) is 0 Å². The van der Waals surface area contributed by atoms with E-state index < -0.39 is 6.10 Å². The van der Waals surface area contributed by atoms with Gasteiger partial charge in [0, 0.05) is 19.3 Å². The third kappa shape index (κ3) is 64.0. The Bertz CT molecular complexity index is 1730. The van der Waals surface area contributed by atoms with Gasteiger partial charge in [-0.15, -0.1) is 0 Å². The molecule has 0 spiro atoms. The summed E-state index contributed by atoms with van der Waals surface area (Å²) >= 11 is 0. The molecule has 0 saturated carbocycles. The Morgan fingerprint density at radius 1 is 0.266 bits per heavy atom. The summed E-state index contributed by atoms with van der Waals surface area (Å²) in [5, 5.41) is 0. The monoisotopic (exact) mass is 1090 g/mol. The highest BCUT2D eigenvalue weighted by Gasteiger charge is 2.19. The van der Waals surface area contributed by atoms with Crippen LogP contribution in [-0.2, 0) is 28.6 Å². The van der Waals surface area contributed by atoms with Crippen molar-refractivity contribution in [2.45, 2.75) is 284 Å². The number of carbonyl (C=O) groups is 3. The minimum Gasteiger partial charge on any atom is -0.462 e. The van der Waals surface area contributed by atoms with Crippen molar-refractivity contribution < 1.29 is 28.6 Å². The molecule has 1 unspecified atom stereocenters. The number of carbonyl (C=O) groups excluding carboxylic acids is 3. The Labute approximate surface area is 487 Å². The maximum Gasteiger partial charge on any atom is 0.306 e. The molecule has 0 saturated heterocycles. The zero-order valence-corrected chi connectivity index (χ0v) is 51.1. The van der Waals surface area contributed by atoms with Crippen LogP contribution in [0.3, 0.4) is 0 Å². The van der Waals surface area contributed by atoms with Crippen molar-refractivity contribution in [3.05, 3.63) is 146 Å². The third-order valence-electron chi connectivity index (χ3n) is 13.3. The van der Waals surface area contributed by atoms with E-state index in [0.29, 0.717) is 25.7 Å². The summed E-state index contributed by atoms with van der Waals surface area (Å²) in [5.74, 6) is -0.973. The summed E-state index contributed by atoms with van der Waals surface area (Å²) < 4.78 is 16.9. The average molecular weight is 1090 g/mol. The summed E-state index contributed by atoms with van der Waals surface area (Å²) in [6.07, 6.45) is 94.2. The van der Waals surface area contributed by atoms with E-state index in [4.69, 9.17) is 14.2 Å². The van der Waals surface area contributed by atoms with Crippen LogP contribution in [0.5, 0.6) is 0 Å². The molecule has 0 radical (unpaired) electrons. The van der Waals surface area contributed by atoms with Crippen LogP contribution in [0.1, 0.15) is 278 Å². The summed E-state index contributed by atoms with van der Waals surface area (Å²) in [4.78, 5) is 38.3. The predicted octanol–water partition coefficient (Wildman–Crippen LogP) is 22.3. The van der Waals surface area contributed by atoms with Gasteiger partial charge < -0.3 is 14.2 Å². The fraction of sp³-hybridized carbons (Fsp3) is 0.630. The SMILES string of the molecule is CC/C=C\C/C=C\C/C=C\C/C=C\C/C=C\CCCCCCCC(=O)OC(COC(=O)CCCC/C=C\C/C=C\C/C=C\C/C=C\CC)COC(=O)CCCCCCCCCCCC/C=C\C/C=C\C/C=C\CCCCCCC. The molecule has 0 aromatic heterocycles. The molecule has 0 aliphatic rings. The van der Waals surface area contributed by atoms with Gasteiger partial charge in [0.2, 0.25) is 0 Å². The number of hydrogen-bond donors (Lipinski definition) is 0. The van der Waals surface area contributed by atoms with E-state index in [1.807, 2.05) is 0 Å².